The molecule has 9 heteroatoms. The van der Waals surface area contributed by atoms with Crippen LogP contribution in [-0.4, -0.2) is 64.7 Å². The van der Waals surface area contributed by atoms with Gasteiger partial charge in [0.05, 0.1) is 30.0 Å². The maximum atomic E-state index is 13.1. The summed E-state index contributed by atoms with van der Waals surface area (Å²) in [5.41, 5.74) is 3.57. The van der Waals surface area contributed by atoms with Crippen molar-refractivity contribution >= 4 is 33.7 Å². The van der Waals surface area contributed by atoms with Gasteiger partial charge in [-0.15, -0.1) is 0 Å². The van der Waals surface area contributed by atoms with Crippen LogP contribution in [0.1, 0.15) is 31.2 Å². The van der Waals surface area contributed by atoms with Crippen LogP contribution >= 0.6 is 0 Å². The fraction of sp³-hybridized carbons (Fsp3) is 0.379. The van der Waals surface area contributed by atoms with Crippen LogP contribution in [0.4, 0.5) is 10.5 Å². The molecule has 9 nitrogen and oxygen atoms in total. The van der Waals surface area contributed by atoms with Crippen LogP contribution in [0.25, 0.3) is 21.9 Å². The lowest BCUT2D eigenvalue weighted by Crippen LogP contribution is -2.52. The highest BCUT2D eigenvalue weighted by atomic mass is 16.5. The van der Waals surface area contributed by atoms with Gasteiger partial charge >= 0.3 is 6.03 Å². The summed E-state index contributed by atoms with van der Waals surface area (Å²) < 4.78 is 5.95. The SMILES string of the molecule is N#Cc1ccc(OCC2CCCN(C(=O)NC3CCN(c4cc[nH]c5cnc6nccc6c45)CC3)C2)cc1. The van der Waals surface area contributed by atoms with Gasteiger partial charge in [-0.1, -0.05) is 0 Å². The Morgan fingerprint density at radius 1 is 1.11 bits per heavy atom. The Labute approximate surface area is 221 Å². The zero-order valence-corrected chi connectivity index (χ0v) is 21.3. The summed E-state index contributed by atoms with van der Waals surface area (Å²) in [7, 11) is 0. The molecule has 2 fully saturated rings. The molecule has 0 aliphatic carbocycles. The molecule has 0 bridgehead atoms. The molecule has 4 aromatic rings. The molecule has 38 heavy (non-hydrogen) atoms. The standard InChI is InChI=1S/C29H31N7O2/c30-16-20-3-5-23(6-4-20)38-19-21-2-1-13-36(18-21)29(37)34-22-9-14-35(15-10-22)26-8-12-31-25-17-33-28-24(27(25)26)7-11-32-28/h3-8,11-12,17,21-22,31H,1-2,9-10,13-15,18-19H2,(H,34,37). The number of pyridine rings is 2. The number of hydrogen-bond acceptors (Lipinski definition) is 6. The van der Waals surface area contributed by atoms with Crippen molar-refractivity contribution in [3.05, 3.63) is 60.6 Å². The second-order valence-corrected chi connectivity index (χ2v) is 10.2. The van der Waals surface area contributed by atoms with Crippen LogP contribution < -0.4 is 15.0 Å². The number of urea groups is 1. The lowest BCUT2D eigenvalue weighted by atomic mass is 9.99. The number of fused-ring (bicyclic) bond motifs is 3. The van der Waals surface area contributed by atoms with E-state index >= 15 is 0 Å². The zero-order valence-electron chi connectivity index (χ0n) is 21.3. The van der Waals surface area contributed by atoms with Crippen LogP contribution in [0.3, 0.4) is 0 Å². The number of nitriles is 1. The Balaban J connectivity index is 1.03. The number of anilines is 1. The van der Waals surface area contributed by atoms with Gasteiger partial charge in [0, 0.05) is 67.0 Å². The molecular formula is C29H31N7O2. The predicted octanol–water partition coefficient (Wildman–Crippen LogP) is 4.45. The van der Waals surface area contributed by atoms with E-state index in [4.69, 9.17) is 10.00 Å². The van der Waals surface area contributed by atoms with Gasteiger partial charge in [-0.2, -0.15) is 5.26 Å². The van der Waals surface area contributed by atoms with Crippen LogP contribution in [0.5, 0.6) is 5.75 Å². The van der Waals surface area contributed by atoms with E-state index in [-0.39, 0.29) is 12.1 Å². The van der Waals surface area contributed by atoms with Crippen molar-refractivity contribution in [2.24, 2.45) is 5.92 Å². The number of likely N-dealkylation sites (tertiary alicyclic amines) is 1. The van der Waals surface area contributed by atoms with Crippen molar-refractivity contribution < 1.29 is 9.53 Å². The molecule has 3 aromatic heterocycles. The molecule has 0 spiro atoms. The van der Waals surface area contributed by atoms with Crippen LogP contribution in [0, 0.1) is 17.2 Å². The molecule has 0 saturated carbocycles. The normalized spacial score (nSPS) is 18.4. The van der Waals surface area contributed by atoms with E-state index < -0.39 is 0 Å². The number of benzene rings is 1. The Morgan fingerprint density at radius 2 is 1.95 bits per heavy atom. The first kappa shape index (κ1) is 24.0. The molecule has 1 unspecified atom stereocenters. The lowest BCUT2D eigenvalue weighted by molar-refractivity contribution is 0.134. The summed E-state index contributed by atoms with van der Waals surface area (Å²) in [6, 6.07) is 13.6. The number of carbonyl (C=O) groups excluding carboxylic acids is 1. The van der Waals surface area contributed by atoms with Crippen molar-refractivity contribution in [3.63, 3.8) is 0 Å². The van der Waals surface area contributed by atoms with E-state index in [2.05, 4.69) is 37.3 Å². The Hall–Kier alpha value is -4.32. The van der Waals surface area contributed by atoms with E-state index in [9.17, 15) is 4.79 Å². The van der Waals surface area contributed by atoms with Crippen molar-refractivity contribution in [3.8, 4) is 11.8 Å². The molecule has 6 rings (SSSR count). The highest BCUT2D eigenvalue weighted by molar-refractivity contribution is 6.09. The lowest BCUT2D eigenvalue weighted by Gasteiger charge is -2.37. The maximum Gasteiger partial charge on any atom is 0.317 e. The molecule has 2 aliphatic heterocycles. The summed E-state index contributed by atoms with van der Waals surface area (Å²) in [4.78, 5) is 29.6. The van der Waals surface area contributed by atoms with E-state index in [1.54, 1.807) is 18.3 Å². The second kappa shape index (κ2) is 10.6. The van der Waals surface area contributed by atoms with Crippen LogP contribution in [-0.2, 0) is 0 Å². The number of nitrogens with zero attached hydrogens (tertiary/aromatic N) is 5. The van der Waals surface area contributed by atoms with Gasteiger partial charge in [0.1, 0.15) is 5.75 Å². The average molecular weight is 510 g/mol. The third-order valence-corrected chi connectivity index (χ3v) is 7.71. The predicted molar refractivity (Wildman–Crippen MR) is 146 cm³/mol. The average Bonchev–Trinajstić information content (AvgIpc) is 3.46. The number of aromatic amines is 1. The first-order valence-corrected chi connectivity index (χ1v) is 13.3. The van der Waals surface area contributed by atoms with Crippen LogP contribution in [0.2, 0.25) is 0 Å². The number of H-pyrrole nitrogens is 1. The topological polar surface area (TPSA) is 110 Å². The molecule has 2 aliphatic rings. The summed E-state index contributed by atoms with van der Waals surface area (Å²) in [5, 5.41) is 14.5. The van der Waals surface area contributed by atoms with Crippen molar-refractivity contribution in [1.82, 2.24) is 25.2 Å². The summed E-state index contributed by atoms with van der Waals surface area (Å²) in [6.07, 6.45) is 9.44. The molecule has 0 radical (unpaired) electrons. The first-order valence-electron chi connectivity index (χ1n) is 13.3. The van der Waals surface area contributed by atoms with Gasteiger partial charge < -0.3 is 24.8 Å². The number of nitrogens with one attached hydrogen (secondary N) is 2. The number of ether oxygens (including phenoxy) is 1. The fourth-order valence-corrected chi connectivity index (χ4v) is 5.66. The van der Waals surface area contributed by atoms with Gasteiger partial charge in [-0.3, -0.25) is 0 Å². The van der Waals surface area contributed by atoms with Gasteiger partial charge in [0.15, 0.2) is 5.65 Å². The fourth-order valence-electron chi connectivity index (χ4n) is 5.66. The minimum atomic E-state index is 0.0296. The van der Waals surface area contributed by atoms with E-state index in [1.807, 2.05) is 35.5 Å². The molecule has 194 valence electrons. The van der Waals surface area contributed by atoms with Gasteiger partial charge in [-0.05, 0) is 62.1 Å². The molecule has 1 aromatic carbocycles. The summed E-state index contributed by atoms with van der Waals surface area (Å²) in [6.45, 7) is 3.80. The summed E-state index contributed by atoms with van der Waals surface area (Å²) in [5.74, 6) is 1.06. The minimum absolute atomic E-state index is 0.0296. The summed E-state index contributed by atoms with van der Waals surface area (Å²) >= 11 is 0. The van der Waals surface area contributed by atoms with Gasteiger partial charge in [0.2, 0.25) is 0 Å². The molecule has 1 atom stereocenters. The zero-order chi connectivity index (χ0) is 25.9. The molecule has 5 heterocycles. The number of hydrogen-bond donors (Lipinski definition) is 2. The van der Waals surface area contributed by atoms with Crippen molar-refractivity contribution in [1.29, 1.82) is 5.26 Å². The van der Waals surface area contributed by atoms with Crippen molar-refractivity contribution in [2.75, 3.05) is 37.7 Å². The van der Waals surface area contributed by atoms with E-state index in [0.717, 1.165) is 73.0 Å². The quantitative estimate of drug-likeness (QED) is 0.411. The number of aromatic nitrogens is 3. The smallest absolute Gasteiger partial charge is 0.317 e. The highest BCUT2D eigenvalue weighted by Gasteiger charge is 2.28. The Morgan fingerprint density at radius 3 is 2.76 bits per heavy atom. The third kappa shape index (κ3) is 4.94. The number of piperidine rings is 2. The van der Waals surface area contributed by atoms with Gasteiger partial charge in [0.25, 0.3) is 0 Å². The largest absolute Gasteiger partial charge is 0.493 e. The third-order valence-electron chi connectivity index (χ3n) is 7.71. The molecule has 2 N–H and O–H groups in total. The van der Waals surface area contributed by atoms with E-state index in [1.165, 1.54) is 5.69 Å². The van der Waals surface area contributed by atoms with E-state index in [0.29, 0.717) is 24.6 Å². The maximum absolute atomic E-state index is 13.1. The molecule has 2 saturated heterocycles. The molecular weight excluding hydrogens is 478 g/mol. The number of amides is 2. The van der Waals surface area contributed by atoms with Crippen LogP contribution in [0.15, 0.2) is 55.0 Å². The van der Waals surface area contributed by atoms with Gasteiger partial charge in [-0.25, -0.2) is 14.8 Å². The number of rotatable bonds is 5. The second-order valence-electron chi connectivity index (χ2n) is 10.2. The first-order chi connectivity index (χ1) is 18.7. The highest BCUT2D eigenvalue weighted by Crippen LogP contribution is 2.32. The minimum Gasteiger partial charge on any atom is -0.493 e. The van der Waals surface area contributed by atoms with Crippen molar-refractivity contribution in [2.45, 2.75) is 31.7 Å². The monoisotopic (exact) mass is 509 g/mol. The molecule has 2 amide bonds. The number of carbonyl (C=O) groups is 1. The Kier molecular flexibility index (Phi) is 6.69. The Bertz CT molecular complexity index is 1470.